The molecule has 77 valence electrons. The highest BCUT2D eigenvalue weighted by Crippen LogP contribution is 2.38. The van der Waals surface area contributed by atoms with Gasteiger partial charge in [-0.2, -0.15) is 13.2 Å². The van der Waals surface area contributed by atoms with Crippen molar-refractivity contribution >= 4 is 11.3 Å². The van der Waals surface area contributed by atoms with Gasteiger partial charge in [0.05, 0.1) is 4.88 Å². The van der Waals surface area contributed by atoms with Gasteiger partial charge in [-0.25, -0.2) is 4.98 Å². The van der Waals surface area contributed by atoms with E-state index in [0.29, 0.717) is 5.56 Å². The Morgan fingerprint density at radius 1 is 1.13 bits per heavy atom. The average Bonchev–Trinajstić information content (AvgIpc) is 2.67. The Labute approximate surface area is 88.2 Å². The van der Waals surface area contributed by atoms with Crippen LogP contribution in [0, 0.1) is 5.51 Å². The van der Waals surface area contributed by atoms with Crippen molar-refractivity contribution in [2.45, 2.75) is 6.18 Å². The molecule has 0 amide bonds. The molecule has 0 saturated carbocycles. The van der Waals surface area contributed by atoms with Gasteiger partial charge in [-0.3, -0.25) is 0 Å². The molecule has 0 aliphatic heterocycles. The van der Waals surface area contributed by atoms with Gasteiger partial charge in [-0.1, -0.05) is 30.3 Å². The molecule has 1 nitrogen and oxygen atoms in total. The molecule has 0 aliphatic rings. The summed E-state index contributed by atoms with van der Waals surface area (Å²) < 4.78 is 37.5. The van der Waals surface area contributed by atoms with Crippen LogP contribution in [0.4, 0.5) is 13.2 Å². The van der Waals surface area contributed by atoms with Crippen molar-refractivity contribution < 1.29 is 13.2 Å². The predicted octanol–water partition coefficient (Wildman–Crippen LogP) is 3.63. The Hall–Kier alpha value is -1.36. The third-order valence-corrected chi connectivity index (χ3v) is 2.64. The zero-order valence-electron chi connectivity index (χ0n) is 7.38. The minimum atomic E-state index is -4.42. The maximum absolute atomic E-state index is 12.5. The van der Waals surface area contributed by atoms with Crippen molar-refractivity contribution in [1.82, 2.24) is 4.98 Å². The summed E-state index contributed by atoms with van der Waals surface area (Å²) in [4.78, 5) is 3.35. The van der Waals surface area contributed by atoms with E-state index in [0.717, 1.165) is 11.3 Å². The van der Waals surface area contributed by atoms with Crippen molar-refractivity contribution in [3.05, 3.63) is 41.5 Å². The quantitative estimate of drug-likeness (QED) is 0.726. The smallest absolute Gasteiger partial charge is 0.228 e. The van der Waals surface area contributed by atoms with Crippen molar-refractivity contribution in [3.8, 4) is 10.4 Å². The monoisotopic (exact) mass is 228 g/mol. The summed E-state index contributed by atoms with van der Waals surface area (Å²) in [5.41, 5.74) is 1.93. The highest BCUT2D eigenvalue weighted by Gasteiger charge is 2.36. The van der Waals surface area contributed by atoms with Crippen LogP contribution in [-0.2, 0) is 6.18 Å². The average molecular weight is 228 g/mol. The largest absolute Gasteiger partial charge is 0.434 e. The van der Waals surface area contributed by atoms with E-state index < -0.39 is 11.9 Å². The molecule has 0 spiro atoms. The van der Waals surface area contributed by atoms with Gasteiger partial charge >= 0.3 is 6.18 Å². The molecule has 0 saturated heterocycles. The molecule has 1 heterocycles. The van der Waals surface area contributed by atoms with Crippen LogP contribution in [0.5, 0.6) is 0 Å². The third kappa shape index (κ3) is 2.02. The SMILES string of the molecule is FC(F)(F)c1n[c]sc1-c1ccccc1. The van der Waals surface area contributed by atoms with Gasteiger partial charge in [0.2, 0.25) is 0 Å². The second-order valence-corrected chi connectivity index (χ2v) is 3.64. The zero-order chi connectivity index (χ0) is 10.9. The summed E-state index contributed by atoms with van der Waals surface area (Å²) >= 11 is 0.873. The molecule has 1 aromatic heterocycles. The lowest BCUT2D eigenvalue weighted by Gasteiger charge is -2.05. The van der Waals surface area contributed by atoms with Crippen LogP contribution in [0.15, 0.2) is 30.3 Å². The number of thiazole rings is 1. The fourth-order valence-corrected chi connectivity index (χ4v) is 1.93. The number of aromatic nitrogens is 1. The maximum Gasteiger partial charge on any atom is 0.434 e. The van der Waals surface area contributed by atoms with Gasteiger partial charge in [0, 0.05) is 0 Å². The zero-order valence-corrected chi connectivity index (χ0v) is 8.19. The Morgan fingerprint density at radius 3 is 2.40 bits per heavy atom. The topological polar surface area (TPSA) is 12.9 Å². The van der Waals surface area contributed by atoms with Crippen LogP contribution < -0.4 is 0 Å². The van der Waals surface area contributed by atoms with Gasteiger partial charge in [0.15, 0.2) is 11.2 Å². The van der Waals surface area contributed by atoms with Crippen LogP contribution in [0.3, 0.4) is 0 Å². The van der Waals surface area contributed by atoms with Crippen LogP contribution in [0.2, 0.25) is 0 Å². The maximum atomic E-state index is 12.5. The van der Waals surface area contributed by atoms with Gasteiger partial charge < -0.3 is 0 Å². The first-order chi connectivity index (χ1) is 7.09. The normalized spacial score (nSPS) is 11.7. The highest BCUT2D eigenvalue weighted by atomic mass is 32.1. The summed E-state index contributed by atoms with van der Waals surface area (Å²) in [6.45, 7) is 0. The fraction of sp³-hybridized carbons (Fsp3) is 0.100. The Bertz CT molecular complexity index is 447. The van der Waals surface area contributed by atoms with E-state index in [1.807, 2.05) is 0 Å². The van der Waals surface area contributed by atoms with Crippen LogP contribution in [-0.4, -0.2) is 4.98 Å². The Kier molecular flexibility index (Phi) is 2.48. The molecule has 0 fully saturated rings. The van der Waals surface area contributed by atoms with Crippen molar-refractivity contribution in [1.29, 1.82) is 0 Å². The highest BCUT2D eigenvalue weighted by molar-refractivity contribution is 7.13. The van der Waals surface area contributed by atoms with Crippen molar-refractivity contribution in [3.63, 3.8) is 0 Å². The second-order valence-electron chi connectivity index (χ2n) is 2.85. The molecule has 0 atom stereocenters. The van der Waals surface area contributed by atoms with Crippen molar-refractivity contribution in [2.24, 2.45) is 0 Å². The van der Waals surface area contributed by atoms with E-state index in [9.17, 15) is 13.2 Å². The first-order valence-corrected chi connectivity index (χ1v) is 4.90. The molecular formula is C10H5F3NS. The van der Waals surface area contributed by atoms with Crippen LogP contribution in [0.25, 0.3) is 10.4 Å². The standard InChI is InChI=1S/C10H5F3NS/c11-10(12,13)9-8(15-6-14-9)7-4-2-1-3-5-7/h1-5H. The summed E-state index contributed by atoms with van der Waals surface area (Å²) in [6, 6.07) is 8.37. The molecular weight excluding hydrogens is 223 g/mol. The lowest BCUT2D eigenvalue weighted by molar-refractivity contribution is -0.140. The fourth-order valence-electron chi connectivity index (χ4n) is 1.19. The number of alkyl halides is 3. The van der Waals surface area contributed by atoms with Gasteiger partial charge in [0.25, 0.3) is 0 Å². The van der Waals surface area contributed by atoms with Gasteiger partial charge in [-0.15, -0.1) is 11.3 Å². The second kappa shape index (κ2) is 3.66. The molecule has 0 aliphatic carbocycles. The number of halogens is 3. The summed E-state index contributed by atoms with van der Waals surface area (Å²) in [7, 11) is 0. The summed E-state index contributed by atoms with van der Waals surface area (Å²) in [6.07, 6.45) is -4.42. The molecule has 1 radical (unpaired) electrons. The minimum Gasteiger partial charge on any atom is -0.228 e. The van der Waals surface area contributed by atoms with Gasteiger partial charge in [0.1, 0.15) is 0 Å². The Morgan fingerprint density at radius 2 is 1.80 bits per heavy atom. The third-order valence-electron chi connectivity index (χ3n) is 1.82. The van der Waals surface area contributed by atoms with Crippen molar-refractivity contribution in [2.75, 3.05) is 0 Å². The van der Waals surface area contributed by atoms with E-state index in [1.165, 1.54) is 0 Å². The first-order valence-electron chi connectivity index (χ1n) is 4.08. The first kappa shape index (κ1) is 10.2. The van der Waals surface area contributed by atoms with E-state index >= 15 is 0 Å². The van der Waals surface area contributed by atoms with E-state index in [1.54, 1.807) is 30.3 Å². The molecule has 15 heavy (non-hydrogen) atoms. The predicted molar refractivity (Wildman–Crippen MR) is 51.4 cm³/mol. The molecule has 0 unspecified atom stereocenters. The number of hydrogen-bond acceptors (Lipinski definition) is 2. The van der Waals surface area contributed by atoms with Crippen LogP contribution >= 0.6 is 11.3 Å². The summed E-state index contributed by atoms with van der Waals surface area (Å²) in [5, 5.41) is 0. The summed E-state index contributed by atoms with van der Waals surface area (Å²) in [5.74, 6) is 0. The molecule has 2 aromatic rings. The number of hydrogen-bond donors (Lipinski definition) is 0. The van der Waals surface area contributed by atoms with Gasteiger partial charge in [-0.05, 0) is 5.56 Å². The number of rotatable bonds is 1. The van der Waals surface area contributed by atoms with E-state index in [-0.39, 0.29) is 4.88 Å². The number of nitrogens with zero attached hydrogens (tertiary/aromatic N) is 1. The van der Waals surface area contributed by atoms with E-state index in [4.69, 9.17) is 0 Å². The Balaban J connectivity index is 2.51. The molecule has 5 heteroatoms. The van der Waals surface area contributed by atoms with Crippen LogP contribution in [0.1, 0.15) is 5.69 Å². The molecule has 1 aromatic carbocycles. The molecule has 0 bridgehead atoms. The van der Waals surface area contributed by atoms with E-state index in [2.05, 4.69) is 10.5 Å². The number of benzene rings is 1. The minimum absolute atomic E-state index is 0.114. The molecule has 2 rings (SSSR count). The molecule has 0 N–H and O–H groups in total. The lowest BCUT2D eigenvalue weighted by atomic mass is 10.1. The lowest BCUT2D eigenvalue weighted by Crippen LogP contribution is -2.06.